The van der Waals surface area contributed by atoms with Crippen LogP contribution in [-0.4, -0.2) is 76.3 Å². The molecule has 8 nitrogen and oxygen atoms in total. The molecule has 8 heteroatoms. The average Bonchev–Trinajstić information content (AvgIpc) is 3.24. The summed E-state index contributed by atoms with van der Waals surface area (Å²) in [6, 6.07) is 8.36. The van der Waals surface area contributed by atoms with Crippen molar-refractivity contribution in [1.29, 1.82) is 0 Å². The lowest BCUT2D eigenvalue weighted by molar-refractivity contribution is -0.131. The van der Waals surface area contributed by atoms with E-state index in [0.29, 0.717) is 13.1 Å². The highest BCUT2D eigenvalue weighted by atomic mass is 16.5. The molecule has 0 spiro atoms. The first-order valence-electron chi connectivity index (χ1n) is 7.87. The fourth-order valence-electron chi connectivity index (χ4n) is 3.18. The lowest BCUT2D eigenvalue weighted by atomic mass is 9.93. The summed E-state index contributed by atoms with van der Waals surface area (Å²) >= 11 is 0. The van der Waals surface area contributed by atoms with Crippen LogP contribution in [0.3, 0.4) is 0 Å². The number of carbonyl (C=O) groups is 1. The smallest absolute Gasteiger partial charge is 0.244 e. The Labute approximate surface area is 141 Å². The molecule has 1 aromatic heterocycles. The molecule has 1 aromatic carbocycles. The zero-order valence-electron chi connectivity index (χ0n) is 14.2. The molecule has 2 unspecified atom stereocenters. The number of hydrogen-bond acceptors (Lipinski definition) is 6. The van der Waals surface area contributed by atoms with Crippen molar-refractivity contribution in [2.75, 3.05) is 34.3 Å². The van der Waals surface area contributed by atoms with E-state index in [1.165, 1.54) is 16.6 Å². The van der Waals surface area contributed by atoms with E-state index in [4.69, 9.17) is 4.74 Å². The third kappa shape index (κ3) is 3.38. The van der Waals surface area contributed by atoms with Gasteiger partial charge in [-0.3, -0.25) is 4.79 Å². The number of benzene rings is 1. The Balaban J connectivity index is 1.74. The Morgan fingerprint density at radius 3 is 2.62 bits per heavy atom. The van der Waals surface area contributed by atoms with Crippen molar-refractivity contribution in [1.82, 2.24) is 30.0 Å². The SMILES string of the molecule is COc1ccc(C2CN(C(=O)Cn3cnnn3)CC2N(C)C)cc1. The van der Waals surface area contributed by atoms with Crippen molar-refractivity contribution in [3.63, 3.8) is 0 Å². The minimum absolute atomic E-state index is 0.0326. The van der Waals surface area contributed by atoms with Crippen LogP contribution in [-0.2, 0) is 11.3 Å². The number of methoxy groups -OCH3 is 1. The first-order chi connectivity index (χ1) is 11.6. The molecule has 24 heavy (non-hydrogen) atoms. The van der Waals surface area contributed by atoms with Crippen LogP contribution >= 0.6 is 0 Å². The van der Waals surface area contributed by atoms with Gasteiger partial charge in [0.25, 0.3) is 0 Å². The van der Waals surface area contributed by atoms with Crippen LogP contribution in [0.5, 0.6) is 5.75 Å². The van der Waals surface area contributed by atoms with E-state index in [2.05, 4.69) is 46.7 Å². The topological polar surface area (TPSA) is 76.4 Å². The van der Waals surface area contributed by atoms with Crippen LogP contribution in [0, 0.1) is 0 Å². The predicted octanol–water partition coefficient (Wildman–Crippen LogP) is 0.238. The van der Waals surface area contributed by atoms with E-state index in [-0.39, 0.29) is 24.4 Å². The Hall–Kier alpha value is -2.48. The second-order valence-corrected chi connectivity index (χ2v) is 6.22. The standard InChI is InChI=1S/C16H22N6O2/c1-20(2)15-9-21(16(23)10-22-11-17-18-19-22)8-14(15)12-4-6-13(24-3)7-5-12/h4-7,11,14-15H,8-10H2,1-3H3. The highest BCUT2D eigenvalue weighted by Gasteiger charge is 2.37. The van der Waals surface area contributed by atoms with Crippen LogP contribution in [0.1, 0.15) is 11.5 Å². The zero-order chi connectivity index (χ0) is 17.1. The molecule has 0 aliphatic carbocycles. The summed E-state index contributed by atoms with van der Waals surface area (Å²) in [5.74, 6) is 1.14. The van der Waals surface area contributed by atoms with E-state index < -0.39 is 0 Å². The first kappa shape index (κ1) is 16.4. The van der Waals surface area contributed by atoms with Gasteiger partial charge in [0.2, 0.25) is 5.91 Å². The molecule has 1 fully saturated rings. The Morgan fingerprint density at radius 2 is 2.04 bits per heavy atom. The van der Waals surface area contributed by atoms with Gasteiger partial charge < -0.3 is 14.5 Å². The number of hydrogen-bond donors (Lipinski definition) is 0. The van der Waals surface area contributed by atoms with Crippen molar-refractivity contribution in [2.45, 2.75) is 18.5 Å². The summed E-state index contributed by atoms with van der Waals surface area (Å²) in [4.78, 5) is 16.6. The molecule has 1 amide bonds. The molecule has 2 heterocycles. The molecule has 128 valence electrons. The summed E-state index contributed by atoms with van der Waals surface area (Å²) in [6.45, 7) is 1.56. The average molecular weight is 330 g/mol. The third-order valence-corrected chi connectivity index (χ3v) is 4.54. The van der Waals surface area contributed by atoms with Crippen molar-refractivity contribution in [2.24, 2.45) is 0 Å². The van der Waals surface area contributed by atoms with Gasteiger partial charge in [-0.25, -0.2) is 4.68 Å². The Kier molecular flexibility index (Phi) is 4.75. The van der Waals surface area contributed by atoms with Gasteiger partial charge in [-0.1, -0.05) is 12.1 Å². The minimum atomic E-state index is 0.0326. The van der Waals surface area contributed by atoms with Crippen LogP contribution in [0.4, 0.5) is 0 Å². The molecule has 2 aromatic rings. The second-order valence-electron chi connectivity index (χ2n) is 6.22. The van der Waals surface area contributed by atoms with Crippen LogP contribution in [0.2, 0.25) is 0 Å². The summed E-state index contributed by atoms with van der Waals surface area (Å²) in [6.07, 6.45) is 1.46. The van der Waals surface area contributed by atoms with Crippen LogP contribution in [0.25, 0.3) is 0 Å². The predicted molar refractivity (Wildman–Crippen MR) is 87.6 cm³/mol. The molecule has 0 N–H and O–H groups in total. The van der Waals surface area contributed by atoms with Gasteiger partial charge in [-0.15, -0.1) is 5.10 Å². The number of likely N-dealkylation sites (N-methyl/N-ethyl adjacent to an activating group) is 1. The number of nitrogens with zero attached hydrogens (tertiary/aromatic N) is 6. The van der Waals surface area contributed by atoms with Gasteiger partial charge in [0.15, 0.2) is 0 Å². The van der Waals surface area contributed by atoms with E-state index in [1.807, 2.05) is 17.0 Å². The molecular weight excluding hydrogens is 308 g/mol. The van der Waals surface area contributed by atoms with E-state index in [0.717, 1.165) is 5.75 Å². The number of tetrazole rings is 1. The number of likely N-dealkylation sites (tertiary alicyclic amines) is 1. The largest absolute Gasteiger partial charge is 0.497 e. The van der Waals surface area contributed by atoms with Crippen molar-refractivity contribution >= 4 is 5.91 Å². The molecule has 2 atom stereocenters. The van der Waals surface area contributed by atoms with Gasteiger partial charge in [0, 0.05) is 25.0 Å². The van der Waals surface area contributed by atoms with Crippen LogP contribution < -0.4 is 4.74 Å². The van der Waals surface area contributed by atoms with Gasteiger partial charge in [0.1, 0.15) is 18.6 Å². The van der Waals surface area contributed by atoms with E-state index in [1.54, 1.807) is 7.11 Å². The summed E-state index contributed by atoms with van der Waals surface area (Å²) in [5, 5.41) is 10.9. The molecular formula is C16H22N6O2. The molecule has 0 bridgehead atoms. The molecule has 1 saturated heterocycles. The monoisotopic (exact) mass is 330 g/mol. The fourth-order valence-corrected chi connectivity index (χ4v) is 3.18. The highest BCUT2D eigenvalue weighted by molar-refractivity contribution is 5.76. The molecule has 0 saturated carbocycles. The van der Waals surface area contributed by atoms with Gasteiger partial charge in [0.05, 0.1) is 7.11 Å². The number of amides is 1. The Bertz CT molecular complexity index is 670. The summed E-state index contributed by atoms with van der Waals surface area (Å²) in [7, 11) is 5.76. The molecule has 1 aliphatic heterocycles. The maximum Gasteiger partial charge on any atom is 0.244 e. The number of ether oxygens (including phenoxy) is 1. The van der Waals surface area contributed by atoms with Gasteiger partial charge in [-0.05, 0) is 42.2 Å². The van der Waals surface area contributed by atoms with Crippen molar-refractivity contribution < 1.29 is 9.53 Å². The first-order valence-corrected chi connectivity index (χ1v) is 7.87. The fraction of sp³-hybridized carbons (Fsp3) is 0.500. The maximum atomic E-state index is 12.5. The lowest BCUT2D eigenvalue weighted by Crippen LogP contribution is -2.36. The maximum absolute atomic E-state index is 12.5. The molecule has 1 aliphatic rings. The van der Waals surface area contributed by atoms with Crippen LogP contribution in [0.15, 0.2) is 30.6 Å². The molecule has 3 rings (SSSR count). The minimum Gasteiger partial charge on any atom is -0.497 e. The number of carbonyl (C=O) groups excluding carboxylic acids is 1. The summed E-state index contributed by atoms with van der Waals surface area (Å²) in [5.41, 5.74) is 1.22. The molecule has 0 radical (unpaired) electrons. The quantitative estimate of drug-likeness (QED) is 0.781. The number of rotatable bonds is 5. The van der Waals surface area contributed by atoms with Crippen molar-refractivity contribution in [3.05, 3.63) is 36.2 Å². The lowest BCUT2D eigenvalue weighted by Gasteiger charge is -2.25. The normalized spacial score (nSPS) is 20.6. The second kappa shape index (κ2) is 6.96. The number of aromatic nitrogens is 4. The third-order valence-electron chi connectivity index (χ3n) is 4.54. The van der Waals surface area contributed by atoms with E-state index >= 15 is 0 Å². The van der Waals surface area contributed by atoms with Crippen molar-refractivity contribution in [3.8, 4) is 5.75 Å². The zero-order valence-corrected chi connectivity index (χ0v) is 14.2. The van der Waals surface area contributed by atoms with Gasteiger partial charge in [-0.2, -0.15) is 0 Å². The highest BCUT2D eigenvalue weighted by Crippen LogP contribution is 2.31. The van der Waals surface area contributed by atoms with E-state index in [9.17, 15) is 4.79 Å². The summed E-state index contributed by atoms with van der Waals surface area (Å²) < 4.78 is 6.68. The van der Waals surface area contributed by atoms with Gasteiger partial charge >= 0.3 is 0 Å². The Morgan fingerprint density at radius 1 is 1.29 bits per heavy atom.